The molecule has 1 aliphatic rings. The Morgan fingerprint density at radius 3 is 1.00 bits per heavy atom. The van der Waals surface area contributed by atoms with Crippen LogP contribution in [0.3, 0.4) is 0 Å². The molecule has 3 rings (SSSR count). The molecule has 10 heteroatoms. The first-order valence-corrected chi connectivity index (χ1v) is 11.8. The van der Waals surface area contributed by atoms with E-state index in [1.165, 1.54) is 42.7 Å². The van der Waals surface area contributed by atoms with Crippen molar-refractivity contribution in [2.75, 3.05) is 42.7 Å². The van der Waals surface area contributed by atoms with Gasteiger partial charge in [-0.05, 0) is 48.2 Å². The molecule has 10 nitrogen and oxygen atoms in total. The van der Waals surface area contributed by atoms with Gasteiger partial charge in [0, 0.05) is 11.8 Å². The number of rotatable bonds is 8. The molecule has 0 radical (unpaired) electrons. The third kappa shape index (κ3) is 4.55. The molecule has 0 unspecified atom stereocenters. The Bertz CT molecular complexity index is 1040. The lowest BCUT2D eigenvalue weighted by molar-refractivity contribution is -0.189. The zero-order valence-corrected chi connectivity index (χ0v) is 22.3. The molecular weight excluding hydrogens is 496 g/mol. The number of methoxy groups -OCH3 is 6. The molecule has 0 heterocycles. The quantitative estimate of drug-likeness (QED) is 0.287. The molecule has 0 saturated heterocycles. The van der Waals surface area contributed by atoms with E-state index < -0.39 is 46.5 Å². The monoisotopic (exact) mass is 528 g/mol. The van der Waals surface area contributed by atoms with Crippen LogP contribution in [0.4, 0.5) is 0 Å². The highest BCUT2D eigenvalue weighted by atomic mass is 16.6. The molecule has 0 N–H and O–H groups in total. The fraction of sp³-hybridized carbons (Fsp3) is 0.429. The van der Waals surface area contributed by atoms with Crippen molar-refractivity contribution in [3.8, 4) is 11.5 Å². The number of hydrogen-bond donors (Lipinski definition) is 0. The van der Waals surface area contributed by atoms with Crippen LogP contribution in [-0.4, -0.2) is 66.5 Å². The topological polar surface area (TPSA) is 124 Å². The van der Waals surface area contributed by atoms with Gasteiger partial charge >= 0.3 is 23.9 Å². The Morgan fingerprint density at radius 2 is 0.789 bits per heavy atom. The van der Waals surface area contributed by atoms with Gasteiger partial charge in [-0.1, -0.05) is 24.3 Å². The summed E-state index contributed by atoms with van der Waals surface area (Å²) in [5.74, 6) is -4.40. The Morgan fingerprint density at radius 1 is 0.526 bits per heavy atom. The molecule has 1 saturated carbocycles. The fourth-order valence-electron chi connectivity index (χ4n) is 5.55. The van der Waals surface area contributed by atoms with Gasteiger partial charge in [0.1, 0.15) is 11.5 Å². The minimum absolute atomic E-state index is 0.306. The molecular formula is C28H32O10. The molecule has 0 spiro atoms. The van der Waals surface area contributed by atoms with Crippen LogP contribution in [0.25, 0.3) is 0 Å². The number of esters is 4. The van der Waals surface area contributed by atoms with Crippen LogP contribution >= 0.6 is 0 Å². The van der Waals surface area contributed by atoms with E-state index >= 15 is 0 Å². The van der Waals surface area contributed by atoms with Gasteiger partial charge in [-0.2, -0.15) is 0 Å². The molecule has 0 aliphatic heterocycles. The molecule has 2 aromatic carbocycles. The summed E-state index contributed by atoms with van der Waals surface area (Å²) >= 11 is 0. The van der Waals surface area contributed by atoms with E-state index in [9.17, 15) is 19.2 Å². The van der Waals surface area contributed by atoms with E-state index in [0.29, 0.717) is 22.6 Å². The van der Waals surface area contributed by atoms with Crippen LogP contribution in [0.5, 0.6) is 11.5 Å². The molecule has 2 aromatic rings. The predicted molar refractivity (Wildman–Crippen MR) is 134 cm³/mol. The second-order valence-corrected chi connectivity index (χ2v) is 8.97. The third-order valence-corrected chi connectivity index (χ3v) is 7.48. The predicted octanol–water partition coefficient (Wildman–Crippen LogP) is 3.03. The highest BCUT2D eigenvalue weighted by Gasteiger charge is 2.69. The lowest BCUT2D eigenvalue weighted by atomic mass is 9.50. The van der Waals surface area contributed by atoms with E-state index in [2.05, 4.69) is 0 Å². The largest absolute Gasteiger partial charge is 0.497 e. The van der Waals surface area contributed by atoms with Crippen molar-refractivity contribution in [2.45, 2.75) is 24.7 Å². The van der Waals surface area contributed by atoms with Crippen LogP contribution in [-0.2, 0) is 38.1 Å². The molecule has 0 aromatic heterocycles. The molecule has 38 heavy (non-hydrogen) atoms. The molecule has 1 fully saturated rings. The second-order valence-electron chi connectivity index (χ2n) is 8.97. The number of hydrogen-bond acceptors (Lipinski definition) is 10. The Balaban J connectivity index is 2.39. The maximum absolute atomic E-state index is 13.6. The van der Waals surface area contributed by atoms with Gasteiger partial charge in [0.05, 0.1) is 42.7 Å². The summed E-state index contributed by atoms with van der Waals surface area (Å²) in [6.07, 6.45) is -0.612. The van der Waals surface area contributed by atoms with Gasteiger partial charge in [0.25, 0.3) is 0 Å². The standard InChI is InChI=1S/C28H32O10/c1-33-19-11-7-17(8-12-19)21-15-28(25(31)37-5,26(32)38-6)22(18-9-13-20(34-2)14-10-18)16-27(21,23(29)35-3)24(30)36-4/h7-14,21-22H,15-16H2,1-6H3/t21-,22-/m0/s1. The molecule has 204 valence electrons. The summed E-state index contributed by atoms with van der Waals surface area (Å²) in [5, 5.41) is 0. The van der Waals surface area contributed by atoms with Crippen molar-refractivity contribution in [1.82, 2.24) is 0 Å². The summed E-state index contributed by atoms with van der Waals surface area (Å²) in [6, 6.07) is 13.3. The smallest absolute Gasteiger partial charge is 0.323 e. The average molecular weight is 529 g/mol. The van der Waals surface area contributed by atoms with Gasteiger partial charge in [-0.25, -0.2) is 0 Å². The van der Waals surface area contributed by atoms with E-state index in [1.807, 2.05) is 0 Å². The van der Waals surface area contributed by atoms with Crippen LogP contribution < -0.4 is 9.47 Å². The first-order chi connectivity index (χ1) is 18.2. The number of carbonyl (C=O) groups is 4. The van der Waals surface area contributed by atoms with Crippen molar-refractivity contribution in [1.29, 1.82) is 0 Å². The highest BCUT2D eigenvalue weighted by molar-refractivity contribution is 6.05. The van der Waals surface area contributed by atoms with Crippen molar-refractivity contribution >= 4 is 23.9 Å². The van der Waals surface area contributed by atoms with Crippen molar-refractivity contribution in [3.63, 3.8) is 0 Å². The first kappa shape index (κ1) is 28.5. The van der Waals surface area contributed by atoms with E-state index in [-0.39, 0.29) is 12.8 Å². The summed E-state index contributed by atoms with van der Waals surface area (Å²) < 4.78 is 31.1. The van der Waals surface area contributed by atoms with Crippen molar-refractivity contribution in [2.24, 2.45) is 10.8 Å². The first-order valence-electron chi connectivity index (χ1n) is 11.8. The van der Waals surface area contributed by atoms with E-state index in [4.69, 9.17) is 28.4 Å². The highest BCUT2D eigenvalue weighted by Crippen LogP contribution is 2.61. The van der Waals surface area contributed by atoms with Crippen molar-refractivity contribution in [3.05, 3.63) is 59.7 Å². The van der Waals surface area contributed by atoms with Gasteiger partial charge in [-0.15, -0.1) is 0 Å². The molecule has 0 amide bonds. The SMILES string of the molecule is COC(=O)C1(C(=O)OC)C[C@@H](c2ccc(OC)cc2)C(C(=O)OC)(C(=O)OC)C[C@H]1c1ccc(OC)cc1. The van der Waals surface area contributed by atoms with Crippen LogP contribution in [0, 0.1) is 10.8 Å². The Labute approximate surface area is 221 Å². The minimum atomic E-state index is -1.91. The van der Waals surface area contributed by atoms with E-state index in [1.54, 1.807) is 48.5 Å². The van der Waals surface area contributed by atoms with Crippen LogP contribution in [0.1, 0.15) is 35.8 Å². The number of ether oxygens (including phenoxy) is 6. The minimum Gasteiger partial charge on any atom is -0.497 e. The summed E-state index contributed by atoms with van der Waals surface area (Å²) in [6.45, 7) is 0. The van der Waals surface area contributed by atoms with Crippen molar-refractivity contribution < 1.29 is 47.6 Å². The fourth-order valence-corrected chi connectivity index (χ4v) is 5.55. The maximum Gasteiger partial charge on any atom is 0.323 e. The third-order valence-electron chi connectivity index (χ3n) is 7.48. The average Bonchev–Trinajstić information content (AvgIpc) is 2.98. The normalized spacial score (nSPS) is 19.4. The van der Waals surface area contributed by atoms with Gasteiger partial charge in [-0.3, -0.25) is 19.2 Å². The number of carbonyl (C=O) groups excluding carboxylic acids is 4. The van der Waals surface area contributed by atoms with Gasteiger partial charge in [0.15, 0.2) is 10.8 Å². The molecule has 2 atom stereocenters. The van der Waals surface area contributed by atoms with Gasteiger partial charge < -0.3 is 28.4 Å². The maximum atomic E-state index is 13.6. The number of benzene rings is 2. The summed E-state index contributed by atoms with van der Waals surface area (Å²) in [5.41, 5.74) is -2.83. The van der Waals surface area contributed by atoms with Gasteiger partial charge in [0.2, 0.25) is 0 Å². The second kappa shape index (κ2) is 11.5. The zero-order chi connectivity index (χ0) is 28.1. The lowest BCUT2D eigenvalue weighted by Gasteiger charge is -2.50. The Hall–Kier alpha value is -4.08. The lowest BCUT2D eigenvalue weighted by Crippen LogP contribution is -2.59. The van der Waals surface area contributed by atoms with Crippen LogP contribution in [0.15, 0.2) is 48.5 Å². The Kier molecular flexibility index (Phi) is 8.65. The molecule has 0 bridgehead atoms. The van der Waals surface area contributed by atoms with E-state index in [0.717, 1.165) is 0 Å². The summed E-state index contributed by atoms with van der Waals surface area (Å²) in [7, 11) is 7.68. The zero-order valence-electron chi connectivity index (χ0n) is 22.3. The molecule has 1 aliphatic carbocycles. The summed E-state index contributed by atoms with van der Waals surface area (Å²) in [4.78, 5) is 54.3. The van der Waals surface area contributed by atoms with Crippen LogP contribution in [0.2, 0.25) is 0 Å².